The summed E-state index contributed by atoms with van der Waals surface area (Å²) in [5.74, 6) is 0.655. The van der Waals surface area contributed by atoms with Crippen molar-refractivity contribution in [3.63, 3.8) is 0 Å². The van der Waals surface area contributed by atoms with Gasteiger partial charge in [-0.25, -0.2) is 0 Å². The van der Waals surface area contributed by atoms with Gasteiger partial charge in [-0.1, -0.05) is 11.6 Å². The number of nitrogens with one attached hydrogen (secondary N) is 1. The highest BCUT2D eigenvalue weighted by Gasteiger charge is 2.31. The van der Waals surface area contributed by atoms with Gasteiger partial charge in [-0.2, -0.15) is 27.5 Å². The average Bonchev–Trinajstić information content (AvgIpc) is 3.14. The molecule has 2 aromatic rings. The molecule has 3 heterocycles. The van der Waals surface area contributed by atoms with E-state index in [-0.39, 0.29) is 5.82 Å². The lowest BCUT2D eigenvalue weighted by Crippen LogP contribution is -2.45. The lowest BCUT2D eigenvalue weighted by Gasteiger charge is -2.27. The van der Waals surface area contributed by atoms with Crippen LogP contribution in [0, 0.1) is 6.92 Å². The molecule has 126 valence electrons. The molecule has 10 heteroatoms. The molecule has 1 aliphatic rings. The number of aromatic nitrogens is 4. The third-order valence-corrected chi connectivity index (χ3v) is 5.36. The summed E-state index contributed by atoms with van der Waals surface area (Å²) >= 11 is 0. The van der Waals surface area contributed by atoms with Crippen molar-refractivity contribution in [1.29, 1.82) is 0 Å². The minimum atomic E-state index is -3.64. The average molecular weight is 340 g/mol. The minimum Gasteiger partial charge on any atom is -0.340 e. The van der Waals surface area contributed by atoms with Crippen LogP contribution in [0.3, 0.4) is 0 Å². The van der Waals surface area contributed by atoms with E-state index in [2.05, 4.69) is 20.0 Å². The summed E-state index contributed by atoms with van der Waals surface area (Å²) in [5, 5.41) is 7.96. The van der Waals surface area contributed by atoms with Gasteiger partial charge in [0.1, 0.15) is 6.04 Å². The van der Waals surface area contributed by atoms with Gasteiger partial charge in [0.15, 0.2) is 5.82 Å². The first-order valence-electron chi connectivity index (χ1n) is 7.52. The number of hydrogen-bond donors (Lipinski definition) is 1. The molecule has 1 N–H and O–H groups in total. The SMILES string of the molecule is Cc1nc(C(NS(=O)(=O)N2CCCCC2)c2cnn(C)c2)no1. The van der Waals surface area contributed by atoms with E-state index in [9.17, 15) is 8.42 Å². The van der Waals surface area contributed by atoms with Gasteiger partial charge in [0.2, 0.25) is 5.89 Å². The number of aryl methyl sites for hydroxylation is 2. The van der Waals surface area contributed by atoms with Gasteiger partial charge < -0.3 is 4.52 Å². The summed E-state index contributed by atoms with van der Waals surface area (Å²) in [7, 11) is -1.87. The molecule has 0 radical (unpaired) electrons. The minimum absolute atomic E-state index is 0.274. The van der Waals surface area contributed by atoms with Gasteiger partial charge in [0.05, 0.1) is 6.20 Å². The Morgan fingerprint density at radius 1 is 1.30 bits per heavy atom. The van der Waals surface area contributed by atoms with Gasteiger partial charge >= 0.3 is 0 Å². The van der Waals surface area contributed by atoms with Crippen LogP contribution in [0.25, 0.3) is 0 Å². The van der Waals surface area contributed by atoms with Crippen LogP contribution in [0.5, 0.6) is 0 Å². The third kappa shape index (κ3) is 3.59. The van der Waals surface area contributed by atoms with Crippen molar-refractivity contribution in [2.45, 2.75) is 32.2 Å². The zero-order valence-electron chi connectivity index (χ0n) is 13.1. The van der Waals surface area contributed by atoms with Crippen molar-refractivity contribution in [2.75, 3.05) is 13.1 Å². The second-order valence-corrected chi connectivity index (χ2v) is 7.34. The fourth-order valence-corrected chi connectivity index (χ4v) is 4.05. The quantitative estimate of drug-likeness (QED) is 0.850. The van der Waals surface area contributed by atoms with Crippen LogP contribution < -0.4 is 4.72 Å². The smallest absolute Gasteiger partial charge is 0.280 e. The summed E-state index contributed by atoms with van der Waals surface area (Å²) in [6.07, 6.45) is 6.13. The fourth-order valence-electron chi connectivity index (χ4n) is 2.62. The van der Waals surface area contributed by atoms with E-state index in [4.69, 9.17) is 4.52 Å². The molecule has 0 aromatic carbocycles. The molecule has 3 rings (SSSR count). The van der Waals surface area contributed by atoms with Crippen molar-refractivity contribution in [2.24, 2.45) is 7.05 Å². The summed E-state index contributed by atoms with van der Waals surface area (Å²) in [6, 6.07) is -0.729. The highest BCUT2D eigenvalue weighted by atomic mass is 32.2. The molecule has 0 saturated carbocycles. The van der Waals surface area contributed by atoms with Gasteiger partial charge in [-0.05, 0) is 12.8 Å². The molecule has 1 atom stereocenters. The van der Waals surface area contributed by atoms with Gasteiger partial charge in [-0.15, -0.1) is 0 Å². The Hall–Kier alpha value is -1.78. The third-order valence-electron chi connectivity index (χ3n) is 3.78. The number of nitrogens with zero attached hydrogens (tertiary/aromatic N) is 5. The molecule has 1 unspecified atom stereocenters. The predicted molar refractivity (Wildman–Crippen MR) is 81.6 cm³/mol. The summed E-state index contributed by atoms with van der Waals surface area (Å²) < 4.78 is 36.1. The largest absolute Gasteiger partial charge is 0.340 e. The van der Waals surface area contributed by atoms with Crippen LogP contribution in [0.1, 0.15) is 42.6 Å². The van der Waals surface area contributed by atoms with Crippen LogP contribution >= 0.6 is 0 Å². The van der Waals surface area contributed by atoms with Gasteiger partial charge in [0, 0.05) is 38.8 Å². The van der Waals surface area contributed by atoms with Gasteiger partial charge in [-0.3, -0.25) is 4.68 Å². The van der Waals surface area contributed by atoms with Crippen molar-refractivity contribution in [3.8, 4) is 0 Å². The van der Waals surface area contributed by atoms with E-state index in [1.165, 1.54) is 4.31 Å². The monoisotopic (exact) mass is 340 g/mol. The Bertz CT molecular complexity index is 722. The maximum atomic E-state index is 12.7. The van der Waals surface area contributed by atoms with Crippen molar-refractivity contribution in [1.82, 2.24) is 28.9 Å². The normalized spacial score (nSPS) is 18.2. The lowest BCUT2D eigenvalue weighted by atomic mass is 10.2. The molecule has 0 aliphatic carbocycles. The fraction of sp³-hybridized carbons (Fsp3) is 0.615. The van der Waals surface area contributed by atoms with Crippen LogP contribution in [0.2, 0.25) is 0 Å². The first kappa shape index (κ1) is 16.1. The zero-order chi connectivity index (χ0) is 16.4. The second-order valence-electron chi connectivity index (χ2n) is 5.63. The first-order valence-corrected chi connectivity index (χ1v) is 8.96. The summed E-state index contributed by atoms with van der Waals surface area (Å²) in [4.78, 5) is 4.17. The van der Waals surface area contributed by atoms with Gasteiger partial charge in [0.25, 0.3) is 10.2 Å². The van der Waals surface area contributed by atoms with E-state index in [1.54, 1.807) is 31.0 Å². The summed E-state index contributed by atoms with van der Waals surface area (Å²) in [5.41, 5.74) is 0.661. The van der Waals surface area contributed by atoms with E-state index in [0.29, 0.717) is 24.5 Å². The molecule has 0 bridgehead atoms. The van der Waals surface area contributed by atoms with Crippen LogP contribution in [0.15, 0.2) is 16.9 Å². The van der Waals surface area contributed by atoms with Crippen LogP contribution in [0.4, 0.5) is 0 Å². The topological polar surface area (TPSA) is 106 Å². The summed E-state index contributed by atoms with van der Waals surface area (Å²) in [6.45, 7) is 2.72. The Morgan fingerprint density at radius 3 is 2.61 bits per heavy atom. The van der Waals surface area contributed by atoms with Crippen molar-refractivity contribution in [3.05, 3.63) is 29.7 Å². The van der Waals surface area contributed by atoms with E-state index < -0.39 is 16.3 Å². The molecule has 0 amide bonds. The van der Waals surface area contributed by atoms with E-state index in [1.807, 2.05) is 0 Å². The maximum absolute atomic E-state index is 12.7. The highest BCUT2D eigenvalue weighted by Crippen LogP contribution is 2.22. The molecule has 1 fully saturated rings. The molecule has 1 saturated heterocycles. The number of piperidine rings is 1. The molecular formula is C13H20N6O3S. The zero-order valence-corrected chi connectivity index (χ0v) is 14.0. The van der Waals surface area contributed by atoms with E-state index >= 15 is 0 Å². The maximum Gasteiger partial charge on any atom is 0.280 e. The number of hydrogen-bond acceptors (Lipinski definition) is 6. The van der Waals surface area contributed by atoms with Crippen molar-refractivity contribution < 1.29 is 12.9 Å². The number of rotatable bonds is 5. The lowest BCUT2D eigenvalue weighted by molar-refractivity contribution is 0.338. The second kappa shape index (κ2) is 6.38. The van der Waals surface area contributed by atoms with Crippen LogP contribution in [-0.4, -0.2) is 45.7 Å². The molecule has 0 spiro atoms. The standard InChI is InChI=1S/C13H20N6O3S/c1-10-15-13(16-22-10)12(11-8-14-18(2)9-11)17-23(20,21)19-6-4-3-5-7-19/h8-9,12,17H,3-7H2,1-2H3. The Kier molecular flexibility index (Phi) is 4.46. The molecular weight excluding hydrogens is 320 g/mol. The molecule has 2 aromatic heterocycles. The Morgan fingerprint density at radius 2 is 2.04 bits per heavy atom. The molecule has 23 heavy (non-hydrogen) atoms. The highest BCUT2D eigenvalue weighted by molar-refractivity contribution is 7.87. The van der Waals surface area contributed by atoms with Crippen LogP contribution in [-0.2, 0) is 17.3 Å². The predicted octanol–water partition coefficient (Wildman–Crippen LogP) is 0.521. The Labute approximate surface area is 134 Å². The first-order chi connectivity index (χ1) is 11.0. The van der Waals surface area contributed by atoms with Crippen molar-refractivity contribution >= 4 is 10.2 Å². The van der Waals surface area contributed by atoms with E-state index in [0.717, 1.165) is 19.3 Å². The Balaban J connectivity index is 1.89. The molecule has 1 aliphatic heterocycles. The molecule has 9 nitrogen and oxygen atoms in total.